The normalized spacial score (nSPS) is 12.9. The van der Waals surface area contributed by atoms with Crippen molar-refractivity contribution in [2.75, 3.05) is 20.6 Å². The first-order chi connectivity index (χ1) is 15.9. The third-order valence-electron chi connectivity index (χ3n) is 5.87. The molecule has 0 aliphatic heterocycles. The molecule has 1 aliphatic rings. The number of amides is 2. The van der Waals surface area contributed by atoms with E-state index in [2.05, 4.69) is 6.58 Å². The van der Waals surface area contributed by atoms with E-state index >= 15 is 0 Å². The van der Waals surface area contributed by atoms with Gasteiger partial charge in [-0.3, -0.25) is 9.69 Å². The molecule has 5 nitrogen and oxygen atoms in total. The minimum absolute atomic E-state index is 0.308. The van der Waals surface area contributed by atoms with Crippen LogP contribution in [0.25, 0.3) is 11.1 Å². The van der Waals surface area contributed by atoms with Crippen molar-refractivity contribution in [3.63, 3.8) is 0 Å². The van der Waals surface area contributed by atoms with Gasteiger partial charge in [0.05, 0.1) is 0 Å². The lowest BCUT2D eigenvalue weighted by Crippen LogP contribution is -2.43. The Morgan fingerprint density at radius 2 is 1.52 bits per heavy atom. The summed E-state index contributed by atoms with van der Waals surface area (Å²) < 4.78 is 19.5. The summed E-state index contributed by atoms with van der Waals surface area (Å²) in [5.41, 5.74) is 4.32. The molecule has 1 atom stereocenters. The maximum Gasteiger partial charge on any atom is 0.411 e. The SMILES string of the molecule is C=CCN(C)C(=O)[C@@H](c1ccc(F)cc1)N(C)C(=O)OC1c2ccccc2-c2ccccc21. The maximum absolute atomic E-state index is 13.5. The molecule has 0 heterocycles. The van der Waals surface area contributed by atoms with E-state index < -0.39 is 24.1 Å². The van der Waals surface area contributed by atoms with Gasteiger partial charge in [0.25, 0.3) is 0 Å². The Hall–Kier alpha value is -3.93. The summed E-state index contributed by atoms with van der Waals surface area (Å²) in [6.45, 7) is 3.98. The summed E-state index contributed by atoms with van der Waals surface area (Å²) in [6.07, 6.45) is 0.369. The van der Waals surface area contributed by atoms with Crippen LogP contribution in [-0.4, -0.2) is 42.4 Å². The first-order valence-electron chi connectivity index (χ1n) is 10.7. The third-order valence-corrected chi connectivity index (χ3v) is 5.87. The van der Waals surface area contributed by atoms with Crippen LogP contribution < -0.4 is 0 Å². The van der Waals surface area contributed by atoms with E-state index in [9.17, 15) is 14.0 Å². The average molecular weight is 445 g/mol. The van der Waals surface area contributed by atoms with Crippen molar-refractivity contribution in [3.8, 4) is 11.1 Å². The fourth-order valence-electron chi connectivity index (χ4n) is 4.19. The molecule has 0 N–H and O–H groups in total. The molecule has 0 saturated carbocycles. The van der Waals surface area contributed by atoms with Crippen LogP contribution in [0.15, 0.2) is 85.5 Å². The standard InChI is InChI=1S/C27H25FN2O3/c1-4-17-29(2)26(31)24(18-13-15-19(28)16-14-18)30(3)27(32)33-25-22-11-7-5-9-20(22)21-10-6-8-12-23(21)25/h4-16,24-25H,1,17H2,2-3H3/t24-/m1/s1. The second-order valence-electron chi connectivity index (χ2n) is 8.01. The second kappa shape index (κ2) is 9.28. The first kappa shape index (κ1) is 22.3. The summed E-state index contributed by atoms with van der Waals surface area (Å²) in [5.74, 6) is -0.748. The molecule has 3 aromatic rings. The highest BCUT2D eigenvalue weighted by atomic mass is 19.1. The Balaban J connectivity index is 1.65. The largest absolute Gasteiger partial charge is 0.436 e. The predicted octanol–water partition coefficient (Wildman–Crippen LogP) is 5.35. The number of carbonyl (C=O) groups excluding carboxylic acids is 2. The number of rotatable bonds is 6. The van der Waals surface area contributed by atoms with Crippen molar-refractivity contribution in [1.29, 1.82) is 0 Å². The van der Waals surface area contributed by atoms with E-state index in [-0.39, 0.29) is 5.91 Å². The van der Waals surface area contributed by atoms with E-state index in [1.54, 1.807) is 13.1 Å². The van der Waals surface area contributed by atoms with Crippen LogP contribution in [-0.2, 0) is 9.53 Å². The summed E-state index contributed by atoms with van der Waals surface area (Å²) in [5, 5.41) is 0. The molecule has 0 bridgehead atoms. The smallest absolute Gasteiger partial charge is 0.411 e. The van der Waals surface area contributed by atoms with Gasteiger partial charge in [-0.25, -0.2) is 9.18 Å². The molecule has 6 heteroatoms. The van der Waals surface area contributed by atoms with Crippen LogP contribution in [0.4, 0.5) is 9.18 Å². The molecular formula is C27H25FN2O3. The highest BCUT2D eigenvalue weighted by molar-refractivity contribution is 5.87. The molecule has 0 saturated heterocycles. The molecule has 2 amide bonds. The first-order valence-corrected chi connectivity index (χ1v) is 10.7. The number of hydrogen-bond donors (Lipinski definition) is 0. The van der Waals surface area contributed by atoms with Crippen molar-refractivity contribution < 1.29 is 18.7 Å². The fraction of sp³-hybridized carbons (Fsp3) is 0.185. The number of carbonyl (C=O) groups is 2. The van der Waals surface area contributed by atoms with Crippen molar-refractivity contribution in [2.45, 2.75) is 12.1 Å². The molecule has 0 unspecified atom stereocenters. The lowest BCUT2D eigenvalue weighted by molar-refractivity contribution is -0.134. The zero-order valence-corrected chi connectivity index (χ0v) is 18.6. The minimum Gasteiger partial charge on any atom is -0.436 e. The Bertz CT molecular complexity index is 1150. The molecule has 3 aromatic carbocycles. The van der Waals surface area contributed by atoms with E-state index in [4.69, 9.17) is 4.74 Å². The Kier molecular flexibility index (Phi) is 6.27. The van der Waals surface area contributed by atoms with Crippen LogP contribution >= 0.6 is 0 Å². The highest BCUT2D eigenvalue weighted by Crippen LogP contribution is 2.45. The van der Waals surface area contributed by atoms with Gasteiger partial charge < -0.3 is 9.64 Å². The zero-order valence-electron chi connectivity index (χ0n) is 18.6. The summed E-state index contributed by atoms with van der Waals surface area (Å²) >= 11 is 0. The fourth-order valence-corrected chi connectivity index (χ4v) is 4.19. The van der Waals surface area contributed by atoms with Crippen LogP contribution in [0.2, 0.25) is 0 Å². The van der Waals surface area contributed by atoms with Gasteiger partial charge in [0, 0.05) is 31.8 Å². The van der Waals surface area contributed by atoms with Crippen molar-refractivity contribution in [1.82, 2.24) is 9.80 Å². The third kappa shape index (κ3) is 4.24. The highest BCUT2D eigenvalue weighted by Gasteiger charge is 2.36. The zero-order chi connectivity index (χ0) is 23.5. The Morgan fingerprint density at radius 3 is 2.06 bits per heavy atom. The van der Waals surface area contributed by atoms with E-state index in [0.29, 0.717) is 12.1 Å². The lowest BCUT2D eigenvalue weighted by Gasteiger charge is -2.31. The quantitative estimate of drug-likeness (QED) is 0.482. The minimum atomic E-state index is -0.977. The average Bonchev–Trinajstić information content (AvgIpc) is 3.14. The number of nitrogens with zero attached hydrogens (tertiary/aromatic N) is 2. The van der Waals surface area contributed by atoms with Gasteiger partial charge in [0.1, 0.15) is 11.9 Å². The lowest BCUT2D eigenvalue weighted by atomic mass is 10.0. The Morgan fingerprint density at radius 1 is 0.970 bits per heavy atom. The summed E-state index contributed by atoms with van der Waals surface area (Å²) in [4.78, 5) is 29.3. The number of ether oxygens (including phenoxy) is 1. The van der Waals surface area contributed by atoms with Gasteiger partial charge in [-0.1, -0.05) is 66.7 Å². The maximum atomic E-state index is 13.5. The monoisotopic (exact) mass is 444 g/mol. The molecule has 168 valence electrons. The van der Waals surface area contributed by atoms with Gasteiger partial charge in [-0.2, -0.15) is 0 Å². The number of hydrogen-bond acceptors (Lipinski definition) is 3. The molecule has 0 fully saturated rings. The van der Waals surface area contributed by atoms with Crippen LogP contribution in [0.3, 0.4) is 0 Å². The second-order valence-corrected chi connectivity index (χ2v) is 8.01. The molecule has 0 radical (unpaired) electrons. The number of likely N-dealkylation sites (N-methyl/N-ethyl adjacent to an activating group) is 2. The van der Waals surface area contributed by atoms with Gasteiger partial charge >= 0.3 is 6.09 Å². The predicted molar refractivity (Wildman–Crippen MR) is 125 cm³/mol. The molecular weight excluding hydrogens is 419 g/mol. The molecule has 0 aromatic heterocycles. The van der Waals surface area contributed by atoms with Gasteiger partial charge in [-0.15, -0.1) is 6.58 Å². The van der Waals surface area contributed by atoms with Crippen LogP contribution in [0.5, 0.6) is 0 Å². The molecule has 0 spiro atoms. The van der Waals surface area contributed by atoms with Crippen LogP contribution in [0, 0.1) is 5.82 Å². The van der Waals surface area contributed by atoms with Crippen LogP contribution in [0.1, 0.15) is 28.8 Å². The van der Waals surface area contributed by atoms with E-state index in [1.807, 2.05) is 48.5 Å². The molecule has 1 aliphatic carbocycles. The molecule has 4 rings (SSSR count). The number of halogens is 1. The number of benzene rings is 3. The van der Waals surface area contributed by atoms with Gasteiger partial charge in [0.2, 0.25) is 5.91 Å². The van der Waals surface area contributed by atoms with Crippen molar-refractivity contribution in [2.24, 2.45) is 0 Å². The number of fused-ring (bicyclic) bond motifs is 3. The topological polar surface area (TPSA) is 49.9 Å². The summed E-state index contributed by atoms with van der Waals surface area (Å²) in [7, 11) is 3.14. The van der Waals surface area contributed by atoms with Gasteiger partial charge in [-0.05, 0) is 28.8 Å². The van der Waals surface area contributed by atoms with Crippen molar-refractivity contribution >= 4 is 12.0 Å². The van der Waals surface area contributed by atoms with E-state index in [1.165, 1.54) is 41.1 Å². The van der Waals surface area contributed by atoms with Gasteiger partial charge in [0.15, 0.2) is 6.10 Å². The molecule has 33 heavy (non-hydrogen) atoms. The van der Waals surface area contributed by atoms with Crippen molar-refractivity contribution in [3.05, 3.63) is 108 Å². The Labute approximate surface area is 192 Å². The van der Waals surface area contributed by atoms with E-state index in [0.717, 1.165) is 22.3 Å². The summed E-state index contributed by atoms with van der Waals surface area (Å²) in [6, 6.07) is 20.2.